The molecule has 1 aromatic heterocycles. The number of anilines is 1. The van der Waals surface area contributed by atoms with Gasteiger partial charge in [0.2, 0.25) is 0 Å². The van der Waals surface area contributed by atoms with Crippen LogP contribution >= 0.6 is 22.9 Å². The Morgan fingerprint density at radius 3 is 2.84 bits per heavy atom. The molecule has 1 N–H and O–H groups in total. The Bertz CT molecular complexity index is 600. The quantitative estimate of drug-likeness (QED) is 0.935. The molecular formula is C13H13ClN2O2S. The third kappa shape index (κ3) is 3.05. The second-order valence-corrected chi connectivity index (χ2v) is 5.60. The normalized spacial score (nSPS) is 12.2. The molecule has 6 heteroatoms. The second-order valence-electron chi connectivity index (χ2n) is 4.15. The van der Waals surface area contributed by atoms with Crippen molar-refractivity contribution in [3.05, 3.63) is 45.9 Å². The monoisotopic (exact) mass is 296 g/mol. The first kappa shape index (κ1) is 13.8. The van der Waals surface area contributed by atoms with E-state index in [2.05, 4.69) is 4.98 Å². The average Bonchev–Trinajstić information content (AvgIpc) is 2.86. The van der Waals surface area contributed by atoms with Gasteiger partial charge in [0.15, 0.2) is 5.13 Å². The molecular weight excluding hydrogens is 284 g/mol. The Morgan fingerprint density at radius 1 is 1.53 bits per heavy atom. The Labute approximate surface area is 120 Å². The maximum atomic E-state index is 10.9. The van der Waals surface area contributed by atoms with Gasteiger partial charge < -0.3 is 10.0 Å². The second kappa shape index (κ2) is 5.59. The van der Waals surface area contributed by atoms with Gasteiger partial charge in [-0.15, -0.1) is 0 Å². The minimum atomic E-state index is -0.951. The van der Waals surface area contributed by atoms with Crippen LogP contribution < -0.4 is 4.90 Å². The number of carbonyl (C=O) groups is 1. The number of benzene rings is 1. The molecule has 0 saturated carbocycles. The van der Waals surface area contributed by atoms with Gasteiger partial charge in [0, 0.05) is 12.1 Å². The van der Waals surface area contributed by atoms with Crippen molar-refractivity contribution in [3.63, 3.8) is 0 Å². The number of hydrogen-bond donors (Lipinski definition) is 1. The lowest BCUT2D eigenvalue weighted by atomic mass is 10.1. The van der Waals surface area contributed by atoms with Gasteiger partial charge in [-0.1, -0.05) is 35.1 Å². The maximum absolute atomic E-state index is 10.9. The maximum Gasteiger partial charge on any atom is 0.347 e. The van der Waals surface area contributed by atoms with Crippen LogP contribution in [-0.2, 0) is 0 Å². The fraction of sp³-hybridized carbons (Fsp3) is 0.231. The highest BCUT2D eigenvalue weighted by molar-refractivity contribution is 7.17. The molecule has 0 saturated heterocycles. The third-order valence-electron chi connectivity index (χ3n) is 2.92. The summed E-state index contributed by atoms with van der Waals surface area (Å²) in [7, 11) is 1.88. The number of aromatic carboxylic acids is 1. The summed E-state index contributed by atoms with van der Waals surface area (Å²) in [5.41, 5.74) is 1.06. The molecule has 1 heterocycles. The van der Waals surface area contributed by atoms with Gasteiger partial charge in [-0.05, 0) is 24.6 Å². The number of carboxylic acids is 1. The molecule has 100 valence electrons. The molecule has 2 rings (SSSR count). The first-order chi connectivity index (χ1) is 8.99. The predicted molar refractivity (Wildman–Crippen MR) is 77.3 cm³/mol. The van der Waals surface area contributed by atoms with Crippen LogP contribution in [0.5, 0.6) is 0 Å². The first-order valence-corrected chi connectivity index (χ1v) is 6.86. The van der Waals surface area contributed by atoms with Crippen molar-refractivity contribution in [3.8, 4) is 0 Å². The van der Waals surface area contributed by atoms with Gasteiger partial charge in [0.25, 0.3) is 0 Å². The van der Waals surface area contributed by atoms with Crippen molar-refractivity contribution in [1.29, 1.82) is 0 Å². The van der Waals surface area contributed by atoms with Crippen LogP contribution in [0.3, 0.4) is 0 Å². The smallest absolute Gasteiger partial charge is 0.347 e. The molecule has 2 aromatic rings. The van der Waals surface area contributed by atoms with Crippen molar-refractivity contribution in [2.75, 3.05) is 11.9 Å². The minimum Gasteiger partial charge on any atom is -0.477 e. The fourth-order valence-corrected chi connectivity index (χ4v) is 2.68. The van der Waals surface area contributed by atoms with Gasteiger partial charge in [-0.25, -0.2) is 9.78 Å². The largest absolute Gasteiger partial charge is 0.477 e. The van der Waals surface area contributed by atoms with E-state index in [4.69, 9.17) is 16.7 Å². The molecule has 0 fully saturated rings. The van der Waals surface area contributed by atoms with Crippen LogP contribution in [0.15, 0.2) is 30.5 Å². The van der Waals surface area contributed by atoms with E-state index in [1.807, 2.05) is 43.1 Å². The van der Waals surface area contributed by atoms with Crippen LogP contribution in [-0.4, -0.2) is 23.1 Å². The van der Waals surface area contributed by atoms with Crippen LogP contribution in [0.1, 0.15) is 28.2 Å². The van der Waals surface area contributed by atoms with E-state index in [1.165, 1.54) is 6.20 Å². The number of thiazole rings is 1. The zero-order valence-corrected chi connectivity index (χ0v) is 12.1. The molecule has 1 atom stereocenters. The molecule has 0 amide bonds. The number of carboxylic acid groups (broad SMARTS) is 1. The Hall–Kier alpha value is -1.59. The summed E-state index contributed by atoms with van der Waals surface area (Å²) in [5, 5.41) is 10.3. The SMILES string of the molecule is CC(c1cccc(Cl)c1)N(C)c1ncc(C(=O)O)s1. The van der Waals surface area contributed by atoms with Crippen molar-refractivity contribution in [2.24, 2.45) is 0 Å². The summed E-state index contributed by atoms with van der Waals surface area (Å²) in [4.78, 5) is 17.2. The van der Waals surface area contributed by atoms with Crippen LogP contribution in [0, 0.1) is 0 Å². The van der Waals surface area contributed by atoms with E-state index in [0.717, 1.165) is 16.9 Å². The molecule has 0 radical (unpaired) electrons. The number of nitrogens with zero attached hydrogens (tertiary/aromatic N) is 2. The molecule has 0 spiro atoms. The highest BCUT2D eigenvalue weighted by atomic mass is 35.5. The standard InChI is InChI=1S/C13H13ClN2O2S/c1-8(9-4-3-5-10(14)6-9)16(2)13-15-7-11(19-13)12(17)18/h3-8H,1-2H3,(H,17,18). The lowest BCUT2D eigenvalue weighted by Gasteiger charge is -2.24. The number of halogens is 1. The summed E-state index contributed by atoms with van der Waals surface area (Å²) >= 11 is 7.13. The minimum absolute atomic E-state index is 0.0616. The van der Waals surface area contributed by atoms with E-state index < -0.39 is 5.97 Å². The summed E-state index contributed by atoms with van der Waals surface area (Å²) in [6.45, 7) is 2.02. The molecule has 1 aromatic carbocycles. The molecule has 0 bridgehead atoms. The summed E-state index contributed by atoms with van der Waals surface area (Å²) in [6, 6.07) is 7.66. The van der Waals surface area contributed by atoms with Gasteiger partial charge in [-0.3, -0.25) is 0 Å². The first-order valence-electron chi connectivity index (χ1n) is 5.66. The topological polar surface area (TPSA) is 53.4 Å². The number of hydrogen-bond acceptors (Lipinski definition) is 4. The Balaban J connectivity index is 2.22. The highest BCUT2D eigenvalue weighted by Crippen LogP contribution is 2.29. The number of rotatable bonds is 4. The Morgan fingerprint density at radius 2 is 2.26 bits per heavy atom. The molecule has 0 aliphatic carbocycles. The van der Waals surface area contributed by atoms with Crippen LogP contribution in [0.4, 0.5) is 5.13 Å². The van der Waals surface area contributed by atoms with Crippen LogP contribution in [0.2, 0.25) is 5.02 Å². The van der Waals surface area contributed by atoms with Crippen molar-refractivity contribution in [2.45, 2.75) is 13.0 Å². The zero-order chi connectivity index (χ0) is 14.0. The third-order valence-corrected chi connectivity index (χ3v) is 4.23. The van der Waals surface area contributed by atoms with E-state index >= 15 is 0 Å². The van der Waals surface area contributed by atoms with Gasteiger partial charge in [-0.2, -0.15) is 0 Å². The lowest BCUT2D eigenvalue weighted by molar-refractivity contribution is 0.0702. The highest BCUT2D eigenvalue weighted by Gasteiger charge is 2.17. The van der Waals surface area contributed by atoms with Crippen molar-refractivity contribution in [1.82, 2.24) is 4.98 Å². The average molecular weight is 297 g/mol. The van der Waals surface area contributed by atoms with Gasteiger partial charge in [0.1, 0.15) is 4.88 Å². The van der Waals surface area contributed by atoms with Crippen LogP contribution in [0.25, 0.3) is 0 Å². The molecule has 1 unspecified atom stereocenters. The van der Waals surface area contributed by atoms with E-state index in [0.29, 0.717) is 10.2 Å². The molecule has 0 aliphatic rings. The van der Waals surface area contributed by atoms with Crippen molar-refractivity contribution >= 4 is 34.0 Å². The molecule has 19 heavy (non-hydrogen) atoms. The summed E-state index contributed by atoms with van der Waals surface area (Å²) < 4.78 is 0. The van der Waals surface area contributed by atoms with E-state index in [-0.39, 0.29) is 10.9 Å². The molecule has 0 aliphatic heterocycles. The lowest BCUT2D eigenvalue weighted by Crippen LogP contribution is -2.21. The van der Waals surface area contributed by atoms with Crippen molar-refractivity contribution < 1.29 is 9.90 Å². The zero-order valence-electron chi connectivity index (χ0n) is 10.5. The van der Waals surface area contributed by atoms with E-state index in [1.54, 1.807) is 0 Å². The van der Waals surface area contributed by atoms with E-state index in [9.17, 15) is 4.79 Å². The molecule has 4 nitrogen and oxygen atoms in total. The number of aromatic nitrogens is 1. The summed E-state index contributed by atoms with van der Waals surface area (Å²) in [5.74, 6) is -0.951. The summed E-state index contributed by atoms with van der Waals surface area (Å²) in [6.07, 6.45) is 1.38. The Kier molecular flexibility index (Phi) is 4.07. The fourth-order valence-electron chi connectivity index (χ4n) is 1.68. The van der Waals surface area contributed by atoms with Gasteiger partial charge >= 0.3 is 5.97 Å². The van der Waals surface area contributed by atoms with Gasteiger partial charge in [0.05, 0.1) is 12.2 Å². The predicted octanol–water partition coefficient (Wildman–Crippen LogP) is 3.69.